The van der Waals surface area contributed by atoms with Gasteiger partial charge in [-0.15, -0.1) is 11.6 Å². The number of rotatable bonds is 3. The summed E-state index contributed by atoms with van der Waals surface area (Å²) in [4.78, 5) is 15.6. The predicted octanol–water partition coefficient (Wildman–Crippen LogP) is 1.96. The molecule has 1 aromatic heterocycles. The topological polar surface area (TPSA) is 68.0 Å². The van der Waals surface area contributed by atoms with Crippen LogP contribution in [0, 0.1) is 0 Å². The van der Waals surface area contributed by atoms with E-state index in [0.29, 0.717) is 11.7 Å². The van der Waals surface area contributed by atoms with Crippen molar-refractivity contribution in [1.29, 1.82) is 0 Å². The Bertz CT molecular complexity index is 407. The SMILES string of the molecule is CC(C)(C)c1nc(C(C)(C)NC(=O)CCl)no1. The van der Waals surface area contributed by atoms with Crippen LogP contribution in [0.2, 0.25) is 0 Å². The first-order valence-electron chi connectivity index (χ1n) is 5.38. The van der Waals surface area contributed by atoms with Crippen molar-refractivity contribution in [2.45, 2.75) is 45.6 Å². The maximum atomic E-state index is 11.3. The summed E-state index contributed by atoms with van der Waals surface area (Å²) in [5.41, 5.74) is -0.906. The molecule has 5 nitrogen and oxygen atoms in total. The molecule has 96 valence electrons. The van der Waals surface area contributed by atoms with Gasteiger partial charge < -0.3 is 9.84 Å². The van der Waals surface area contributed by atoms with E-state index >= 15 is 0 Å². The van der Waals surface area contributed by atoms with Crippen molar-refractivity contribution in [1.82, 2.24) is 15.5 Å². The van der Waals surface area contributed by atoms with Gasteiger partial charge in [0.05, 0.1) is 5.54 Å². The summed E-state index contributed by atoms with van der Waals surface area (Å²) < 4.78 is 5.19. The highest BCUT2D eigenvalue weighted by atomic mass is 35.5. The zero-order valence-corrected chi connectivity index (χ0v) is 11.6. The molecule has 1 N–H and O–H groups in total. The van der Waals surface area contributed by atoms with Gasteiger partial charge in [0.25, 0.3) is 0 Å². The molecule has 0 bridgehead atoms. The Hall–Kier alpha value is -1.10. The molecule has 1 heterocycles. The van der Waals surface area contributed by atoms with Gasteiger partial charge in [-0.25, -0.2) is 0 Å². The van der Waals surface area contributed by atoms with Gasteiger partial charge in [-0.05, 0) is 13.8 Å². The molecule has 17 heavy (non-hydrogen) atoms. The Morgan fingerprint density at radius 1 is 1.35 bits per heavy atom. The van der Waals surface area contributed by atoms with Crippen LogP contribution in [-0.2, 0) is 15.7 Å². The van der Waals surface area contributed by atoms with E-state index in [-0.39, 0.29) is 17.2 Å². The number of amides is 1. The lowest BCUT2D eigenvalue weighted by Crippen LogP contribution is -2.42. The molecule has 1 aromatic rings. The molecule has 0 saturated carbocycles. The Balaban J connectivity index is 2.92. The minimum absolute atomic E-state index is 0.0899. The van der Waals surface area contributed by atoms with E-state index < -0.39 is 5.54 Å². The highest BCUT2D eigenvalue weighted by Crippen LogP contribution is 2.23. The second kappa shape index (κ2) is 4.64. The first-order chi connectivity index (χ1) is 7.66. The van der Waals surface area contributed by atoms with Crippen LogP contribution in [0.3, 0.4) is 0 Å². The minimum atomic E-state index is -0.695. The van der Waals surface area contributed by atoms with E-state index in [1.165, 1.54) is 0 Å². The van der Waals surface area contributed by atoms with Gasteiger partial charge in [-0.3, -0.25) is 4.79 Å². The lowest BCUT2D eigenvalue weighted by Gasteiger charge is -2.21. The first-order valence-corrected chi connectivity index (χ1v) is 5.92. The summed E-state index contributed by atoms with van der Waals surface area (Å²) in [6.07, 6.45) is 0. The van der Waals surface area contributed by atoms with Gasteiger partial charge in [-0.1, -0.05) is 25.9 Å². The van der Waals surface area contributed by atoms with Crippen LogP contribution in [0.25, 0.3) is 0 Å². The largest absolute Gasteiger partial charge is 0.343 e. The van der Waals surface area contributed by atoms with Gasteiger partial charge in [0.2, 0.25) is 11.8 Å². The van der Waals surface area contributed by atoms with Gasteiger partial charge >= 0.3 is 0 Å². The Morgan fingerprint density at radius 2 is 1.94 bits per heavy atom. The highest BCUT2D eigenvalue weighted by molar-refractivity contribution is 6.27. The fraction of sp³-hybridized carbons (Fsp3) is 0.727. The number of nitrogens with one attached hydrogen (secondary N) is 1. The number of nitrogens with zero attached hydrogens (tertiary/aromatic N) is 2. The zero-order valence-electron chi connectivity index (χ0n) is 10.8. The van der Waals surface area contributed by atoms with Crippen molar-refractivity contribution in [2.24, 2.45) is 0 Å². The lowest BCUT2D eigenvalue weighted by atomic mass is 9.97. The van der Waals surface area contributed by atoms with E-state index in [2.05, 4.69) is 15.5 Å². The summed E-state index contributed by atoms with van der Waals surface area (Å²) in [6.45, 7) is 9.54. The van der Waals surface area contributed by atoms with E-state index in [1.807, 2.05) is 20.8 Å². The fourth-order valence-electron chi connectivity index (χ4n) is 1.22. The number of hydrogen-bond donors (Lipinski definition) is 1. The molecule has 0 radical (unpaired) electrons. The summed E-state index contributed by atoms with van der Waals surface area (Å²) >= 11 is 5.45. The minimum Gasteiger partial charge on any atom is -0.343 e. The van der Waals surface area contributed by atoms with E-state index in [0.717, 1.165) is 0 Å². The van der Waals surface area contributed by atoms with Crippen LogP contribution < -0.4 is 5.32 Å². The van der Waals surface area contributed by atoms with Crippen LogP contribution in [0.15, 0.2) is 4.52 Å². The summed E-state index contributed by atoms with van der Waals surface area (Å²) in [5, 5.41) is 6.63. The molecule has 0 fully saturated rings. The average Bonchev–Trinajstić information content (AvgIpc) is 2.65. The number of carbonyl (C=O) groups excluding carboxylic acids is 1. The van der Waals surface area contributed by atoms with Crippen molar-refractivity contribution in [2.75, 3.05) is 5.88 Å². The van der Waals surface area contributed by atoms with Crippen LogP contribution in [0.4, 0.5) is 0 Å². The third-order valence-electron chi connectivity index (χ3n) is 2.20. The predicted molar refractivity (Wildman–Crippen MR) is 64.9 cm³/mol. The molecule has 0 aliphatic rings. The van der Waals surface area contributed by atoms with Crippen molar-refractivity contribution < 1.29 is 9.32 Å². The average molecular weight is 260 g/mol. The zero-order chi connectivity index (χ0) is 13.3. The molecule has 1 amide bonds. The normalized spacial score (nSPS) is 12.6. The van der Waals surface area contributed by atoms with Crippen LogP contribution >= 0.6 is 11.6 Å². The maximum Gasteiger partial charge on any atom is 0.235 e. The van der Waals surface area contributed by atoms with Crippen molar-refractivity contribution >= 4 is 17.5 Å². The highest BCUT2D eigenvalue weighted by Gasteiger charge is 2.31. The number of carbonyl (C=O) groups is 1. The van der Waals surface area contributed by atoms with Crippen LogP contribution in [0.1, 0.15) is 46.3 Å². The summed E-state index contributed by atoms with van der Waals surface area (Å²) in [7, 11) is 0. The fourth-order valence-corrected chi connectivity index (χ4v) is 1.29. The molecule has 1 rings (SSSR count). The molecule has 0 saturated heterocycles. The molecule has 6 heteroatoms. The first kappa shape index (κ1) is 14.0. The van der Waals surface area contributed by atoms with Gasteiger partial charge in [0, 0.05) is 5.41 Å². The molecule has 0 spiro atoms. The molecule has 0 aromatic carbocycles. The van der Waals surface area contributed by atoms with Crippen LogP contribution in [0.5, 0.6) is 0 Å². The second-order valence-corrected chi connectivity index (χ2v) is 5.75. The number of alkyl halides is 1. The van der Waals surface area contributed by atoms with Crippen LogP contribution in [-0.4, -0.2) is 21.9 Å². The van der Waals surface area contributed by atoms with Gasteiger partial charge in [-0.2, -0.15) is 4.98 Å². The third kappa shape index (κ3) is 3.43. The maximum absolute atomic E-state index is 11.3. The smallest absolute Gasteiger partial charge is 0.235 e. The summed E-state index contributed by atoms with van der Waals surface area (Å²) in [6, 6.07) is 0. The van der Waals surface area contributed by atoms with Crippen molar-refractivity contribution in [3.63, 3.8) is 0 Å². The van der Waals surface area contributed by atoms with Crippen molar-refractivity contribution in [3.05, 3.63) is 11.7 Å². The Labute approximate surface area is 106 Å². The van der Waals surface area contributed by atoms with E-state index in [9.17, 15) is 4.79 Å². The third-order valence-corrected chi connectivity index (χ3v) is 2.44. The molecular weight excluding hydrogens is 242 g/mol. The van der Waals surface area contributed by atoms with E-state index in [1.54, 1.807) is 13.8 Å². The quantitative estimate of drug-likeness (QED) is 0.843. The molecule has 0 aliphatic heterocycles. The monoisotopic (exact) mass is 259 g/mol. The second-order valence-electron chi connectivity index (χ2n) is 5.48. The molecule has 0 aliphatic carbocycles. The van der Waals surface area contributed by atoms with E-state index in [4.69, 9.17) is 16.1 Å². The summed E-state index contributed by atoms with van der Waals surface area (Å²) in [5.74, 6) is 0.633. The number of hydrogen-bond acceptors (Lipinski definition) is 4. The number of halogens is 1. The number of aromatic nitrogens is 2. The lowest BCUT2D eigenvalue weighted by molar-refractivity contribution is -0.120. The Morgan fingerprint density at radius 3 is 2.35 bits per heavy atom. The van der Waals surface area contributed by atoms with Gasteiger partial charge in [0.1, 0.15) is 5.88 Å². The van der Waals surface area contributed by atoms with Gasteiger partial charge in [0.15, 0.2) is 5.82 Å². The Kier molecular flexibility index (Phi) is 3.81. The molecule has 0 atom stereocenters. The standard InChI is InChI=1S/C11H18ClN3O2/c1-10(2,3)9-13-8(15-17-9)11(4,5)14-7(16)6-12/h6H2,1-5H3,(H,14,16). The van der Waals surface area contributed by atoms with Crippen molar-refractivity contribution in [3.8, 4) is 0 Å². The molecule has 0 unspecified atom stereocenters. The molecular formula is C11H18ClN3O2.